The molecule has 0 saturated carbocycles. The van der Waals surface area contributed by atoms with Gasteiger partial charge in [-0.3, -0.25) is 0 Å². The van der Waals surface area contributed by atoms with Crippen LogP contribution in [0.25, 0.3) is 0 Å². The predicted molar refractivity (Wildman–Crippen MR) is 67.1 cm³/mol. The third-order valence-corrected chi connectivity index (χ3v) is 3.93. The van der Waals surface area contributed by atoms with Crippen LogP contribution in [0.15, 0.2) is 6.20 Å². The van der Waals surface area contributed by atoms with E-state index in [0.29, 0.717) is 6.04 Å². The topological polar surface area (TPSA) is 37.4 Å². The molecular formula is C11H19N3OS. The molecule has 0 radical (unpaired) electrons. The van der Waals surface area contributed by atoms with Gasteiger partial charge < -0.3 is 15.0 Å². The lowest BCUT2D eigenvalue weighted by atomic mass is 10.2. The number of aromatic nitrogens is 1. The minimum Gasteiger partial charge on any atom is -0.379 e. The summed E-state index contributed by atoms with van der Waals surface area (Å²) in [6, 6.07) is 0.498. The summed E-state index contributed by atoms with van der Waals surface area (Å²) in [5.41, 5.74) is 0. The molecular weight excluding hydrogens is 222 g/mol. The fourth-order valence-corrected chi connectivity index (χ4v) is 2.69. The highest BCUT2D eigenvalue weighted by molar-refractivity contribution is 7.15. The second-order valence-electron chi connectivity index (χ2n) is 4.02. The summed E-state index contributed by atoms with van der Waals surface area (Å²) in [6.07, 6.45) is 3.08. The Labute approximate surface area is 101 Å². The van der Waals surface area contributed by atoms with Crippen LogP contribution in [0.4, 0.5) is 5.13 Å². The van der Waals surface area contributed by atoms with Crippen LogP contribution in [-0.2, 0) is 11.3 Å². The van der Waals surface area contributed by atoms with E-state index in [0.717, 1.165) is 37.9 Å². The largest absolute Gasteiger partial charge is 0.379 e. The van der Waals surface area contributed by atoms with E-state index >= 15 is 0 Å². The monoisotopic (exact) mass is 241 g/mol. The van der Waals surface area contributed by atoms with Gasteiger partial charge in [-0.05, 0) is 13.0 Å². The predicted octanol–water partition coefficient (Wildman–Crippen LogP) is 1.48. The Kier molecular flexibility index (Phi) is 4.15. The van der Waals surface area contributed by atoms with E-state index in [1.165, 1.54) is 4.88 Å². The maximum Gasteiger partial charge on any atom is 0.185 e. The molecule has 5 heteroatoms. The molecule has 0 spiro atoms. The van der Waals surface area contributed by atoms with Gasteiger partial charge in [-0.25, -0.2) is 4.98 Å². The molecule has 1 aromatic heterocycles. The molecule has 0 aromatic carbocycles. The van der Waals surface area contributed by atoms with Crippen LogP contribution in [0.3, 0.4) is 0 Å². The Balaban J connectivity index is 1.94. The lowest BCUT2D eigenvalue weighted by Crippen LogP contribution is -2.31. The SMILES string of the molecule is CCNCc1cnc(N(C)C2CCOC2)s1. The zero-order valence-corrected chi connectivity index (χ0v) is 10.7. The molecule has 1 unspecified atom stereocenters. The van der Waals surface area contributed by atoms with Crippen molar-refractivity contribution in [2.75, 3.05) is 31.7 Å². The van der Waals surface area contributed by atoms with E-state index in [1.54, 1.807) is 11.3 Å². The number of hydrogen-bond donors (Lipinski definition) is 1. The van der Waals surface area contributed by atoms with Crippen molar-refractivity contribution in [1.82, 2.24) is 10.3 Å². The summed E-state index contributed by atoms with van der Waals surface area (Å²) in [7, 11) is 2.11. The fraction of sp³-hybridized carbons (Fsp3) is 0.727. The highest BCUT2D eigenvalue weighted by Gasteiger charge is 2.22. The molecule has 1 fully saturated rings. The standard InChI is InChI=1S/C11H19N3OS/c1-3-12-6-10-7-13-11(16-10)14(2)9-4-5-15-8-9/h7,9,12H,3-6,8H2,1-2H3. The maximum absolute atomic E-state index is 5.39. The van der Waals surface area contributed by atoms with Crippen molar-refractivity contribution >= 4 is 16.5 Å². The number of nitrogens with one attached hydrogen (secondary N) is 1. The average molecular weight is 241 g/mol. The number of thiazole rings is 1. The van der Waals surface area contributed by atoms with Crippen molar-refractivity contribution < 1.29 is 4.74 Å². The third kappa shape index (κ3) is 2.72. The van der Waals surface area contributed by atoms with Crippen molar-refractivity contribution in [3.63, 3.8) is 0 Å². The van der Waals surface area contributed by atoms with Gasteiger partial charge in [-0.15, -0.1) is 11.3 Å². The summed E-state index contributed by atoms with van der Waals surface area (Å²) < 4.78 is 5.39. The average Bonchev–Trinajstić information content (AvgIpc) is 2.96. The Hall–Kier alpha value is -0.650. The van der Waals surface area contributed by atoms with E-state index in [9.17, 15) is 0 Å². The van der Waals surface area contributed by atoms with Crippen LogP contribution in [0, 0.1) is 0 Å². The smallest absolute Gasteiger partial charge is 0.185 e. The number of nitrogens with zero attached hydrogens (tertiary/aromatic N) is 2. The number of rotatable bonds is 5. The zero-order valence-electron chi connectivity index (χ0n) is 9.90. The molecule has 2 heterocycles. The van der Waals surface area contributed by atoms with Crippen LogP contribution in [0.1, 0.15) is 18.2 Å². The minimum absolute atomic E-state index is 0.498. The van der Waals surface area contributed by atoms with Crippen LogP contribution >= 0.6 is 11.3 Å². The molecule has 2 rings (SSSR count). The first-order valence-electron chi connectivity index (χ1n) is 5.77. The molecule has 0 aliphatic carbocycles. The van der Waals surface area contributed by atoms with Gasteiger partial charge in [0.05, 0.1) is 12.6 Å². The highest BCUT2D eigenvalue weighted by atomic mass is 32.1. The first-order valence-corrected chi connectivity index (χ1v) is 6.59. The Bertz CT molecular complexity index is 323. The highest BCUT2D eigenvalue weighted by Crippen LogP contribution is 2.25. The summed E-state index contributed by atoms with van der Waals surface area (Å²) in [4.78, 5) is 8.00. The molecule has 0 bridgehead atoms. The summed E-state index contributed by atoms with van der Waals surface area (Å²) >= 11 is 1.76. The lowest BCUT2D eigenvalue weighted by molar-refractivity contribution is 0.193. The van der Waals surface area contributed by atoms with Gasteiger partial charge in [0, 0.05) is 31.3 Å². The maximum atomic E-state index is 5.39. The van der Waals surface area contributed by atoms with Crippen molar-refractivity contribution in [3.8, 4) is 0 Å². The van der Waals surface area contributed by atoms with Crippen molar-refractivity contribution in [3.05, 3.63) is 11.1 Å². The van der Waals surface area contributed by atoms with E-state index in [-0.39, 0.29) is 0 Å². The van der Waals surface area contributed by atoms with E-state index in [4.69, 9.17) is 4.74 Å². The van der Waals surface area contributed by atoms with Gasteiger partial charge >= 0.3 is 0 Å². The summed E-state index contributed by atoms with van der Waals surface area (Å²) in [5, 5.41) is 4.41. The van der Waals surface area contributed by atoms with Gasteiger partial charge in [-0.1, -0.05) is 6.92 Å². The molecule has 1 aromatic rings. The van der Waals surface area contributed by atoms with Crippen LogP contribution < -0.4 is 10.2 Å². The zero-order chi connectivity index (χ0) is 11.4. The van der Waals surface area contributed by atoms with Gasteiger partial charge in [-0.2, -0.15) is 0 Å². The Morgan fingerprint density at radius 3 is 3.25 bits per heavy atom. The fourth-order valence-electron chi connectivity index (χ4n) is 1.77. The van der Waals surface area contributed by atoms with Gasteiger partial charge in [0.15, 0.2) is 5.13 Å². The first kappa shape index (κ1) is 11.8. The molecule has 4 nitrogen and oxygen atoms in total. The van der Waals surface area contributed by atoms with Crippen LogP contribution in [-0.4, -0.2) is 37.8 Å². The second kappa shape index (κ2) is 5.61. The van der Waals surface area contributed by atoms with E-state index in [2.05, 4.69) is 29.2 Å². The number of ether oxygens (including phenoxy) is 1. The number of likely N-dealkylation sites (N-methyl/N-ethyl adjacent to an activating group) is 1. The normalized spacial score (nSPS) is 20.2. The van der Waals surface area contributed by atoms with Gasteiger partial charge in [0.25, 0.3) is 0 Å². The van der Waals surface area contributed by atoms with Crippen LogP contribution in [0.2, 0.25) is 0 Å². The lowest BCUT2D eigenvalue weighted by Gasteiger charge is -2.21. The number of anilines is 1. The van der Waals surface area contributed by atoms with Crippen LogP contribution in [0.5, 0.6) is 0 Å². The second-order valence-corrected chi connectivity index (χ2v) is 5.11. The van der Waals surface area contributed by atoms with Crippen molar-refractivity contribution in [2.45, 2.75) is 25.9 Å². The molecule has 1 aliphatic rings. The molecule has 1 saturated heterocycles. The molecule has 90 valence electrons. The summed E-state index contributed by atoms with van der Waals surface area (Å²) in [5.74, 6) is 0. The first-order chi connectivity index (χ1) is 7.81. The molecule has 1 aliphatic heterocycles. The molecule has 0 amide bonds. The van der Waals surface area contributed by atoms with Crippen molar-refractivity contribution in [2.24, 2.45) is 0 Å². The molecule has 1 atom stereocenters. The van der Waals surface area contributed by atoms with E-state index < -0.39 is 0 Å². The van der Waals surface area contributed by atoms with Gasteiger partial charge in [0.1, 0.15) is 0 Å². The molecule has 16 heavy (non-hydrogen) atoms. The Morgan fingerprint density at radius 2 is 2.56 bits per heavy atom. The van der Waals surface area contributed by atoms with Gasteiger partial charge in [0.2, 0.25) is 0 Å². The van der Waals surface area contributed by atoms with Crippen molar-refractivity contribution in [1.29, 1.82) is 0 Å². The quantitative estimate of drug-likeness (QED) is 0.847. The Morgan fingerprint density at radius 1 is 1.69 bits per heavy atom. The summed E-state index contributed by atoms with van der Waals surface area (Å²) in [6.45, 7) is 5.75. The minimum atomic E-state index is 0.498. The molecule has 1 N–H and O–H groups in total. The number of hydrogen-bond acceptors (Lipinski definition) is 5. The van der Waals surface area contributed by atoms with E-state index in [1.807, 2.05) is 6.20 Å². The third-order valence-electron chi connectivity index (χ3n) is 2.85.